The fourth-order valence-electron chi connectivity index (χ4n) is 8.43. The van der Waals surface area contributed by atoms with Crippen LogP contribution in [0.25, 0.3) is 0 Å². The molecule has 10 nitrogen and oxygen atoms in total. The fraction of sp³-hybridized carbons (Fsp3) is 0.632. The van der Waals surface area contributed by atoms with Crippen LogP contribution in [0.3, 0.4) is 0 Å². The summed E-state index contributed by atoms with van der Waals surface area (Å²) in [5.41, 5.74) is -1.16. The van der Waals surface area contributed by atoms with Gasteiger partial charge in [0.2, 0.25) is 17.7 Å². The Bertz CT molecular complexity index is 1360. The molecular weight excluding hydrogens is 610 g/mol. The summed E-state index contributed by atoms with van der Waals surface area (Å²) in [7, 11) is 0. The first-order valence-corrected chi connectivity index (χ1v) is 17.3. The lowest BCUT2D eigenvalue weighted by Crippen LogP contribution is -2.61. The normalized spacial score (nSPS) is 26.1. The maximum atomic E-state index is 14.8. The summed E-state index contributed by atoms with van der Waals surface area (Å²) in [6, 6.07) is 7.68. The van der Waals surface area contributed by atoms with E-state index in [9.17, 15) is 24.3 Å². The van der Waals surface area contributed by atoms with E-state index in [4.69, 9.17) is 9.47 Å². The first-order chi connectivity index (χ1) is 22.6. The Morgan fingerprint density at radius 1 is 1.17 bits per heavy atom. The largest absolute Gasteiger partial charge is 0.455 e. The highest BCUT2D eigenvalue weighted by Gasteiger charge is 2.75. The van der Waals surface area contributed by atoms with Crippen molar-refractivity contribution >= 4 is 23.7 Å². The average Bonchev–Trinajstić information content (AvgIpc) is 3.66. The van der Waals surface area contributed by atoms with Crippen molar-refractivity contribution in [2.24, 2.45) is 17.3 Å². The van der Waals surface area contributed by atoms with Gasteiger partial charge in [0.05, 0.1) is 24.0 Å². The monoisotopic (exact) mass is 665 g/mol. The topological polar surface area (TPSA) is 125 Å². The minimum Gasteiger partial charge on any atom is -0.455 e. The Morgan fingerprint density at radius 2 is 1.85 bits per heavy atom. The first-order valence-electron chi connectivity index (χ1n) is 17.3. The van der Waals surface area contributed by atoms with Gasteiger partial charge in [-0.2, -0.15) is 0 Å². The Kier molecular flexibility index (Phi) is 11.6. The van der Waals surface area contributed by atoms with Gasteiger partial charge >= 0.3 is 5.97 Å². The molecule has 1 aromatic carbocycles. The van der Waals surface area contributed by atoms with E-state index < -0.39 is 53.2 Å². The third kappa shape index (κ3) is 7.54. The van der Waals surface area contributed by atoms with Crippen LogP contribution in [0.1, 0.15) is 91.7 Å². The van der Waals surface area contributed by atoms with Crippen molar-refractivity contribution in [3.63, 3.8) is 0 Å². The number of esters is 1. The summed E-state index contributed by atoms with van der Waals surface area (Å²) in [5, 5.41) is 12.7. The molecule has 1 aromatic rings. The van der Waals surface area contributed by atoms with Gasteiger partial charge in [-0.05, 0) is 63.9 Å². The Morgan fingerprint density at radius 3 is 2.46 bits per heavy atom. The smallest absolute Gasteiger partial charge is 0.313 e. The van der Waals surface area contributed by atoms with Gasteiger partial charge in [0.1, 0.15) is 17.7 Å². The molecule has 4 rings (SSSR count). The third-order valence-electron chi connectivity index (χ3n) is 9.92. The molecule has 0 aliphatic carbocycles. The first kappa shape index (κ1) is 37.3. The lowest BCUT2D eigenvalue weighted by Gasteiger charge is -2.45. The molecule has 3 fully saturated rings. The molecule has 3 aliphatic heterocycles. The number of nitrogens with zero attached hydrogens (tertiary/aromatic N) is 2. The van der Waals surface area contributed by atoms with E-state index in [-0.39, 0.29) is 55.7 Å². The highest BCUT2D eigenvalue weighted by Crippen LogP contribution is 2.59. The van der Waals surface area contributed by atoms with Crippen LogP contribution in [0.4, 0.5) is 0 Å². The Balaban J connectivity index is 1.68. The van der Waals surface area contributed by atoms with Crippen molar-refractivity contribution in [1.82, 2.24) is 15.1 Å². The molecule has 2 N–H and O–H groups in total. The molecule has 0 unspecified atom stereocenters. The molecule has 3 saturated heterocycles. The molecule has 3 aliphatic rings. The summed E-state index contributed by atoms with van der Waals surface area (Å²) in [6.45, 7) is 20.1. The number of aliphatic hydroxyl groups is 1. The molecule has 0 saturated carbocycles. The number of aliphatic hydroxyl groups excluding tert-OH is 1. The number of benzene rings is 1. The molecule has 48 heavy (non-hydrogen) atoms. The second-order valence-electron chi connectivity index (χ2n) is 15.4. The average molecular weight is 666 g/mol. The number of carbonyl (C=O) groups is 4. The molecule has 3 amide bonds. The van der Waals surface area contributed by atoms with Gasteiger partial charge in [-0.3, -0.25) is 19.2 Å². The summed E-state index contributed by atoms with van der Waals surface area (Å²) in [4.78, 5) is 59.4. The van der Waals surface area contributed by atoms with Crippen LogP contribution in [-0.2, 0) is 28.7 Å². The Hall–Kier alpha value is -3.50. The van der Waals surface area contributed by atoms with Crippen LogP contribution in [0.2, 0.25) is 0 Å². The van der Waals surface area contributed by atoms with Crippen molar-refractivity contribution in [3.8, 4) is 0 Å². The molecular formula is C38H55N3O7. The van der Waals surface area contributed by atoms with Crippen molar-refractivity contribution < 1.29 is 33.8 Å². The van der Waals surface area contributed by atoms with E-state index in [0.717, 1.165) is 0 Å². The molecule has 0 radical (unpaired) electrons. The quantitative estimate of drug-likeness (QED) is 0.193. The number of hydrogen-bond donors (Lipinski definition) is 2. The molecule has 1 spiro atoms. The zero-order valence-electron chi connectivity index (χ0n) is 29.6. The van der Waals surface area contributed by atoms with E-state index in [0.29, 0.717) is 31.2 Å². The molecule has 264 valence electrons. The number of hydrogen-bond acceptors (Lipinski definition) is 7. The molecule has 7 atom stereocenters. The summed E-state index contributed by atoms with van der Waals surface area (Å²) < 4.78 is 12.9. The van der Waals surface area contributed by atoms with Crippen molar-refractivity contribution in [2.75, 3.05) is 19.7 Å². The second kappa shape index (κ2) is 14.9. The maximum absolute atomic E-state index is 14.8. The predicted octanol–water partition coefficient (Wildman–Crippen LogP) is 4.73. The highest BCUT2D eigenvalue weighted by molar-refractivity contribution is 5.98. The third-order valence-corrected chi connectivity index (χ3v) is 9.92. The van der Waals surface area contributed by atoms with Crippen molar-refractivity contribution in [3.05, 3.63) is 61.2 Å². The second-order valence-corrected chi connectivity index (χ2v) is 15.4. The van der Waals surface area contributed by atoms with Crippen molar-refractivity contribution in [1.29, 1.82) is 0 Å². The van der Waals surface area contributed by atoms with Gasteiger partial charge in [-0.25, -0.2) is 0 Å². The lowest BCUT2D eigenvalue weighted by atomic mass is 9.70. The number of allylic oxidation sites excluding steroid dienone is 1. The highest BCUT2D eigenvalue weighted by atomic mass is 16.6. The van der Waals surface area contributed by atoms with Crippen LogP contribution >= 0.6 is 0 Å². The Labute approximate surface area is 285 Å². The number of likely N-dealkylation sites (tertiary alicyclic amines) is 1. The van der Waals surface area contributed by atoms with Crippen LogP contribution in [-0.4, -0.2) is 87.6 Å². The number of amides is 3. The van der Waals surface area contributed by atoms with E-state index in [1.165, 1.54) is 4.90 Å². The number of rotatable bonds is 16. The molecule has 2 bridgehead atoms. The zero-order chi connectivity index (χ0) is 35.4. The predicted molar refractivity (Wildman–Crippen MR) is 183 cm³/mol. The molecule has 3 heterocycles. The maximum Gasteiger partial charge on any atom is 0.313 e. The van der Waals surface area contributed by atoms with Crippen LogP contribution in [0.15, 0.2) is 55.6 Å². The fourth-order valence-corrected chi connectivity index (χ4v) is 8.43. The van der Waals surface area contributed by atoms with Gasteiger partial charge in [0, 0.05) is 31.7 Å². The molecule has 0 aromatic heterocycles. The number of fused-ring (bicyclic) bond motifs is 1. The SMILES string of the molecule is C=CCCC(=O)N[C@@H](C)[C@H](OC(=O)[C@@H]1[C@@H]2CC[C@]3(O2)[C@H](C(=O)N(CC=C)C(C)(C)CC(C)(C)C)N(CCCO)C(=O)[C@@H]13)c1ccccc1. The lowest BCUT2D eigenvalue weighted by molar-refractivity contribution is -0.162. The van der Waals surface area contributed by atoms with E-state index in [1.54, 1.807) is 24.0 Å². The van der Waals surface area contributed by atoms with E-state index in [2.05, 4.69) is 39.2 Å². The van der Waals surface area contributed by atoms with Gasteiger partial charge in [-0.15, -0.1) is 13.2 Å². The molecule has 10 heteroatoms. The number of nitrogens with one attached hydrogen (secondary N) is 1. The van der Waals surface area contributed by atoms with Crippen LogP contribution in [0.5, 0.6) is 0 Å². The van der Waals surface area contributed by atoms with Crippen LogP contribution in [0, 0.1) is 17.3 Å². The van der Waals surface area contributed by atoms with Gasteiger partial charge in [-0.1, -0.05) is 63.3 Å². The van der Waals surface area contributed by atoms with E-state index in [1.807, 2.05) is 44.2 Å². The number of ether oxygens (including phenoxy) is 2. The van der Waals surface area contributed by atoms with Gasteiger partial charge in [0.25, 0.3) is 0 Å². The number of carbonyl (C=O) groups excluding carboxylic acids is 4. The van der Waals surface area contributed by atoms with Crippen molar-refractivity contribution in [2.45, 2.75) is 115 Å². The summed E-state index contributed by atoms with van der Waals surface area (Å²) >= 11 is 0. The minimum absolute atomic E-state index is 0.0825. The van der Waals surface area contributed by atoms with Crippen LogP contribution < -0.4 is 5.32 Å². The standard InChI is InChI=1S/C38H55N3O7/c1-9-11-18-28(43)39-25(3)31(26-16-13-12-14-17-26)47-35(46)29-27-19-20-38(48-27)30(29)33(44)40(22-15-23-42)32(38)34(45)41(21-10-2)37(7,8)24-36(4,5)6/h9-10,12-14,16-17,25,27,29-32,42H,1-2,11,15,18-24H2,3-8H3,(H,39,43)/t25-,27-,29+,30+,31-,32-,38+/m0/s1. The summed E-state index contributed by atoms with van der Waals surface area (Å²) in [5.74, 6) is -3.20. The minimum atomic E-state index is -1.21. The van der Waals surface area contributed by atoms with E-state index >= 15 is 0 Å². The van der Waals surface area contributed by atoms with Gasteiger partial charge < -0.3 is 29.7 Å². The summed E-state index contributed by atoms with van der Waals surface area (Å²) in [6.07, 6.45) is 4.67. The zero-order valence-corrected chi connectivity index (χ0v) is 29.6. The van der Waals surface area contributed by atoms with Gasteiger partial charge in [0.15, 0.2) is 0 Å².